The number of ether oxygens (including phenoxy) is 1. The van der Waals surface area contributed by atoms with Crippen molar-refractivity contribution in [3.63, 3.8) is 0 Å². The van der Waals surface area contributed by atoms with Crippen LogP contribution in [0.3, 0.4) is 0 Å². The standard InChI is InChI=1S/C18H29FN2O/c1-15(7-8-16-5-4-6-17(19)13-16)20-14-18(21(2)3)9-11-22-12-10-18/h4-6,13,15,20H,7-12,14H2,1-3H3. The number of hydrogen-bond donors (Lipinski definition) is 1. The predicted octanol–water partition coefficient (Wildman–Crippen LogP) is 2.85. The number of hydrogen-bond acceptors (Lipinski definition) is 3. The third-order valence-corrected chi connectivity index (χ3v) is 4.91. The second kappa shape index (κ2) is 8.04. The molecule has 0 radical (unpaired) electrons. The van der Waals surface area contributed by atoms with Gasteiger partial charge in [0, 0.05) is 31.3 Å². The summed E-state index contributed by atoms with van der Waals surface area (Å²) in [5.74, 6) is -0.146. The topological polar surface area (TPSA) is 24.5 Å². The van der Waals surface area contributed by atoms with Crippen LogP contribution in [0, 0.1) is 5.82 Å². The monoisotopic (exact) mass is 308 g/mol. The van der Waals surface area contributed by atoms with Gasteiger partial charge in [-0.25, -0.2) is 4.39 Å². The minimum Gasteiger partial charge on any atom is -0.381 e. The Labute approximate surface area is 133 Å². The molecule has 0 aliphatic carbocycles. The van der Waals surface area contributed by atoms with E-state index in [2.05, 4.69) is 31.2 Å². The number of benzene rings is 1. The predicted molar refractivity (Wildman–Crippen MR) is 88.7 cm³/mol. The fourth-order valence-corrected chi connectivity index (χ4v) is 3.08. The maximum Gasteiger partial charge on any atom is 0.123 e. The van der Waals surface area contributed by atoms with Crippen molar-refractivity contribution in [2.24, 2.45) is 0 Å². The first-order valence-electron chi connectivity index (χ1n) is 8.25. The highest BCUT2D eigenvalue weighted by atomic mass is 19.1. The Morgan fingerprint density at radius 3 is 2.68 bits per heavy atom. The molecule has 0 amide bonds. The number of nitrogens with zero attached hydrogens (tertiary/aromatic N) is 1. The Bertz CT molecular complexity index is 458. The Morgan fingerprint density at radius 1 is 1.32 bits per heavy atom. The zero-order chi connectivity index (χ0) is 16.0. The van der Waals surface area contributed by atoms with Crippen LogP contribution < -0.4 is 5.32 Å². The molecule has 1 aliphatic heterocycles. The molecule has 1 aliphatic rings. The zero-order valence-corrected chi connectivity index (χ0v) is 14.1. The molecule has 1 heterocycles. The zero-order valence-electron chi connectivity index (χ0n) is 14.1. The van der Waals surface area contributed by atoms with E-state index in [4.69, 9.17) is 4.74 Å². The van der Waals surface area contributed by atoms with Gasteiger partial charge < -0.3 is 15.0 Å². The van der Waals surface area contributed by atoms with Crippen molar-refractivity contribution in [3.05, 3.63) is 35.6 Å². The number of halogens is 1. The van der Waals surface area contributed by atoms with E-state index in [0.717, 1.165) is 51.0 Å². The smallest absolute Gasteiger partial charge is 0.123 e. The number of aryl methyl sites for hydroxylation is 1. The summed E-state index contributed by atoms with van der Waals surface area (Å²) in [6.45, 7) is 4.88. The number of likely N-dealkylation sites (N-methyl/N-ethyl adjacent to an activating group) is 1. The van der Waals surface area contributed by atoms with Gasteiger partial charge in [0.15, 0.2) is 0 Å². The molecule has 1 unspecified atom stereocenters. The van der Waals surface area contributed by atoms with Gasteiger partial charge in [-0.1, -0.05) is 12.1 Å². The third-order valence-electron chi connectivity index (χ3n) is 4.91. The van der Waals surface area contributed by atoms with E-state index in [0.29, 0.717) is 6.04 Å². The lowest BCUT2D eigenvalue weighted by atomic mass is 9.88. The highest BCUT2D eigenvalue weighted by Gasteiger charge is 2.34. The maximum absolute atomic E-state index is 13.2. The first kappa shape index (κ1) is 17.4. The van der Waals surface area contributed by atoms with Gasteiger partial charge in [-0.15, -0.1) is 0 Å². The Hall–Kier alpha value is -0.970. The molecule has 0 aromatic heterocycles. The normalized spacial score (nSPS) is 19.3. The highest BCUT2D eigenvalue weighted by Crippen LogP contribution is 2.25. The van der Waals surface area contributed by atoms with Crippen LogP contribution in [-0.2, 0) is 11.2 Å². The SMILES string of the molecule is CC(CCc1cccc(F)c1)NCC1(N(C)C)CCOCC1. The molecule has 22 heavy (non-hydrogen) atoms. The van der Waals surface area contributed by atoms with Crippen molar-refractivity contribution in [1.82, 2.24) is 10.2 Å². The Balaban J connectivity index is 1.80. The van der Waals surface area contributed by atoms with E-state index in [1.54, 1.807) is 12.1 Å². The third kappa shape index (κ3) is 4.77. The molecule has 1 aromatic carbocycles. The molecule has 1 aromatic rings. The van der Waals surface area contributed by atoms with E-state index in [1.807, 2.05) is 6.07 Å². The van der Waals surface area contributed by atoms with Crippen molar-refractivity contribution in [2.45, 2.75) is 44.2 Å². The van der Waals surface area contributed by atoms with Gasteiger partial charge in [-0.05, 0) is 64.4 Å². The average Bonchev–Trinajstić information content (AvgIpc) is 2.52. The summed E-state index contributed by atoms with van der Waals surface area (Å²) in [6.07, 6.45) is 4.07. The Kier molecular flexibility index (Phi) is 6.36. The van der Waals surface area contributed by atoms with E-state index < -0.39 is 0 Å². The molecule has 1 atom stereocenters. The van der Waals surface area contributed by atoms with Gasteiger partial charge in [-0.2, -0.15) is 0 Å². The average molecular weight is 308 g/mol. The molecule has 124 valence electrons. The van der Waals surface area contributed by atoms with Crippen molar-refractivity contribution in [2.75, 3.05) is 33.9 Å². The molecule has 0 spiro atoms. The van der Waals surface area contributed by atoms with Crippen molar-refractivity contribution in [3.8, 4) is 0 Å². The molecule has 1 saturated heterocycles. The van der Waals surface area contributed by atoms with E-state index in [9.17, 15) is 4.39 Å². The summed E-state index contributed by atoms with van der Waals surface area (Å²) in [4.78, 5) is 2.34. The van der Waals surface area contributed by atoms with Crippen LogP contribution in [0.1, 0.15) is 31.7 Å². The maximum atomic E-state index is 13.2. The minimum absolute atomic E-state index is 0.146. The lowest BCUT2D eigenvalue weighted by Gasteiger charge is -2.43. The second-order valence-corrected chi connectivity index (χ2v) is 6.68. The van der Waals surface area contributed by atoms with E-state index >= 15 is 0 Å². The minimum atomic E-state index is -0.146. The summed E-state index contributed by atoms with van der Waals surface area (Å²) in [6, 6.07) is 7.33. The molecule has 1 fully saturated rings. The van der Waals surface area contributed by atoms with Crippen LogP contribution >= 0.6 is 0 Å². The number of nitrogens with one attached hydrogen (secondary N) is 1. The molecule has 2 rings (SSSR count). The van der Waals surface area contributed by atoms with E-state index in [-0.39, 0.29) is 11.4 Å². The van der Waals surface area contributed by atoms with Crippen LogP contribution in [0.15, 0.2) is 24.3 Å². The molecule has 0 bridgehead atoms. The van der Waals surface area contributed by atoms with Crippen LogP contribution in [0.25, 0.3) is 0 Å². The molecule has 4 heteroatoms. The van der Waals surface area contributed by atoms with Crippen LogP contribution in [0.5, 0.6) is 0 Å². The fourth-order valence-electron chi connectivity index (χ4n) is 3.08. The lowest BCUT2D eigenvalue weighted by Crippen LogP contribution is -2.56. The van der Waals surface area contributed by atoms with Crippen LogP contribution in [0.4, 0.5) is 4.39 Å². The van der Waals surface area contributed by atoms with Crippen LogP contribution in [-0.4, -0.2) is 50.3 Å². The molecule has 3 nitrogen and oxygen atoms in total. The van der Waals surface area contributed by atoms with Gasteiger partial charge in [0.05, 0.1) is 0 Å². The summed E-state index contributed by atoms with van der Waals surface area (Å²) in [5.41, 5.74) is 1.27. The van der Waals surface area contributed by atoms with Gasteiger partial charge in [0.2, 0.25) is 0 Å². The molecule has 1 N–H and O–H groups in total. The second-order valence-electron chi connectivity index (χ2n) is 6.68. The summed E-state index contributed by atoms with van der Waals surface area (Å²) in [7, 11) is 4.31. The molecular weight excluding hydrogens is 279 g/mol. The molecular formula is C18H29FN2O. The quantitative estimate of drug-likeness (QED) is 0.838. The lowest BCUT2D eigenvalue weighted by molar-refractivity contribution is -0.00812. The summed E-state index contributed by atoms with van der Waals surface area (Å²) in [5, 5.41) is 3.67. The largest absolute Gasteiger partial charge is 0.381 e. The summed E-state index contributed by atoms with van der Waals surface area (Å²) >= 11 is 0. The van der Waals surface area contributed by atoms with Crippen molar-refractivity contribution < 1.29 is 9.13 Å². The summed E-state index contributed by atoms with van der Waals surface area (Å²) < 4.78 is 18.7. The van der Waals surface area contributed by atoms with Gasteiger partial charge in [0.1, 0.15) is 5.82 Å². The first-order valence-corrected chi connectivity index (χ1v) is 8.25. The Morgan fingerprint density at radius 2 is 2.05 bits per heavy atom. The molecule has 0 saturated carbocycles. The van der Waals surface area contributed by atoms with Crippen molar-refractivity contribution in [1.29, 1.82) is 0 Å². The van der Waals surface area contributed by atoms with Gasteiger partial charge in [-0.3, -0.25) is 0 Å². The number of rotatable bonds is 7. The van der Waals surface area contributed by atoms with E-state index in [1.165, 1.54) is 6.07 Å². The van der Waals surface area contributed by atoms with Gasteiger partial charge >= 0.3 is 0 Å². The van der Waals surface area contributed by atoms with Crippen molar-refractivity contribution >= 4 is 0 Å². The fraction of sp³-hybridized carbons (Fsp3) is 0.667. The van der Waals surface area contributed by atoms with Gasteiger partial charge in [0.25, 0.3) is 0 Å². The highest BCUT2D eigenvalue weighted by molar-refractivity contribution is 5.16. The van der Waals surface area contributed by atoms with Crippen LogP contribution in [0.2, 0.25) is 0 Å². The first-order chi connectivity index (χ1) is 10.5.